The smallest absolute Gasteiger partial charge is 0.241 e. The number of amides is 1. The quantitative estimate of drug-likeness (QED) is 0.930. The highest BCUT2D eigenvalue weighted by Crippen LogP contribution is 2.18. The van der Waals surface area contributed by atoms with Crippen LogP contribution in [0.4, 0.5) is 11.6 Å². The predicted octanol–water partition coefficient (Wildman–Crippen LogP) is 1.85. The first-order chi connectivity index (χ1) is 11.6. The first-order valence-electron chi connectivity index (χ1n) is 8.25. The molecule has 126 valence electrons. The zero-order valence-electron chi connectivity index (χ0n) is 14.2. The zero-order valence-corrected chi connectivity index (χ0v) is 14.2. The summed E-state index contributed by atoms with van der Waals surface area (Å²) in [5.41, 5.74) is 3.44. The Bertz CT molecular complexity index is 696. The SMILES string of the molecule is Cc1cccc(NCC(=O)N2CCN(c3ncccn3)CC2)c1C. The van der Waals surface area contributed by atoms with Crippen LogP contribution in [0.3, 0.4) is 0 Å². The number of aryl methyl sites for hydroxylation is 1. The lowest BCUT2D eigenvalue weighted by Crippen LogP contribution is -2.50. The van der Waals surface area contributed by atoms with E-state index in [4.69, 9.17) is 0 Å². The monoisotopic (exact) mass is 325 g/mol. The zero-order chi connectivity index (χ0) is 16.9. The molecule has 24 heavy (non-hydrogen) atoms. The van der Waals surface area contributed by atoms with E-state index in [2.05, 4.69) is 40.1 Å². The third-order valence-electron chi connectivity index (χ3n) is 4.50. The van der Waals surface area contributed by atoms with Crippen molar-refractivity contribution >= 4 is 17.5 Å². The number of carbonyl (C=O) groups excluding carboxylic acids is 1. The summed E-state index contributed by atoms with van der Waals surface area (Å²) in [6.45, 7) is 7.40. The Morgan fingerprint density at radius 1 is 1.08 bits per heavy atom. The van der Waals surface area contributed by atoms with E-state index in [1.54, 1.807) is 12.4 Å². The molecule has 0 radical (unpaired) electrons. The van der Waals surface area contributed by atoms with Gasteiger partial charge in [-0.25, -0.2) is 9.97 Å². The minimum absolute atomic E-state index is 0.129. The summed E-state index contributed by atoms with van der Waals surface area (Å²) < 4.78 is 0. The lowest BCUT2D eigenvalue weighted by atomic mass is 10.1. The number of hydrogen-bond acceptors (Lipinski definition) is 5. The number of nitrogens with one attached hydrogen (secondary N) is 1. The van der Waals surface area contributed by atoms with Crippen LogP contribution in [0, 0.1) is 13.8 Å². The van der Waals surface area contributed by atoms with Gasteiger partial charge in [-0.15, -0.1) is 0 Å². The normalized spacial score (nSPS) is 14.6. The molecule has 6 heteroatoms. The number of hydrogen-bond donors (Lipinski definition) is 1. The van der Waals surface area contributed by atoms with Crippen molar-refractivity contribution < 1.29 is 4.79 Å². The van der Waals surface area contributed by atoms with Gasteiger partial charge in [0.1, 0.15) is 0 Å². The Balaban J connectivity index is 1.51. The molecule has 1 saturated heterocycles. The van der Waals surface area contributed by atoms with Gasteiger partial charge in [0.2, 0.25) is 11.9 Å². The Morgan fingerprint density at radius 3 is 2.50 bits per heavy atom. The molecule has 1 aliphatic rings. The summed E-state index contributed by atoms with van der Waals surface area (Å²) >= 11 is 0. The molecule has 1 aromatic carbocycles. The molecule has 0 aliphatic carbocycles. The van der Waals surface area contributed by atoms with E-state index in [1.807, 2.05) is 23.1 Å². The van der Waals surface area contributed by atoms with Crippen LogP contribution in [0.5, 0.6) is 0 Å². The molecule has 2 heterocycles. The fourth-order valence-electron chi connectivity index (χ4n) is 2.84. The molecule has 2 aromatic rings. The predicted molar refractivity (Wildman–Crippen MR) is 95.2 cm³/mol. The highest BCUT2D eigenvalue weighted by Gasteiger charge is 2.22. The lowest BCUT2D eigenvalue weighted by Gasteiger charge is -2.34. The largest absolute Gasteiger partial charge is 0.376 e. The van der Waals surface area contributed by atoms with E-state index in [1.165, 1.54) is 11.1 Å². The van der Waals surface area contributed by atoms with Crippen LogP contribution in [0.2, 0.25) is 0 Å². The van der Waals surface area contributed by atoms with Crippen LogP contribution < -0.4 is 10.2 Å². The first kappa shape index (κ1) is 16.2. The molecule has 6 nitrogen and oxygen atoms in total. The molecule has 0 spiro atoms. The molecule has 1 fully saturated rings. The molecule has 1 aliphatic heterocycles. The van der Waals surface area contributed by atoms with Crippen LogP contribution >= 0.6 is 0 Å². The number of benzene rings is 1. The number of carbonyl (C=O) groups is 1. The van der Waals surface area contributed by atoms with Gasteiger partial charge in [0, 0.05) is 44.3 Å². The standard InChI is InChI=1S/C18H23N5O/c1-14-5-3-6-16(15(14)2)21-13-17(24)22-9-11-23(12-10-22)18-19-7-4-8-20-18/h3-8,21H,9-13H2,1-2H3. The molecule has 3 rings (SSSR count). The molecule has 1 aromatic heterocycles. The van der Waals surface area contributed by atoms with Gasteiger partial charge in [-0.2, -0.15) is 0 Å². The third kappa shape index (κ3) is 3.64. The minimum atomic E-state index is 0.129. The van der Waals surface area contributed by atoms with E-state index >= 15 is 0 Å². The second-order valence-electron chi connectivity index (χ2n) is 6.02. The molecular formula is C18H23N5O. The molecule has 0 atom stereocenters. The van der Waals surface area contributed by atoms with Crippen molar-refractivity contribution in [3.63, 3.8) is 0 Å². The second-order valence-corrected chi connectivity index (χ2v) is 6.02. The Labute approximate surface area is 142 Å². The Hall–Kier alpha value is -2.63. The second kappa shape index (κ2) is 7.29. The van der Waals surface area contributed by atoms with Crippen LogP contribution in [0.25, 0.3) is 0 Å². The van der Waals surface area contributed by atoms with Gasteiger partial charge in [-0.05, 0) is 37.1 Å². The third-order valence-corrected chi connectivity index (χ3v) is 4.50. The number of rotatable bonds is 4. The van der Waals surface area contributed by atoms with Crippen molar-refractivity contribution in [3.05, 3.63) is 47.8 Å². The molecule has 1 N–H and O–H groups in total. The van der Waals surface area contributed by atoms with Crippen molar-refractivity contribution in [3.8, 4) is 0 Å². The summed E-state index contributed by atoms with van der Waals surface area (Å²) in [6, 6.07) is 7.91. The Kier molecular flexibility index (Phi) is 4.93. The van der Waals surface area contributed by atoms with Gasteiger partial charge >= 0.3 is 0 Å². The molecule has 1 amide bonds. The fourth-order valence-corrected chi connectivity index (χ4v) is 2.84. The van der Waals surface area contributed by atoms with E-state index in [-0.39, 0.29) is 5.91 Å². The topological polar surface area (TPSA) is 61.4 Å². The van der Waals surface area contributed by atoms with Crippen LogP contribution in [-0.2, 0) is 4.79 Å². The maximum Gasteiger partial charge on any atom is 0.241 e. The Morgan fingerprint density at radius 2 is 1.79 bits per heavy atom. The van der Waals surface area contributed by atoms with Gasteiger partial charge in [-0.3, -0.25) is 4.79 Å². The van der Waals surface area contributed by atoms with Crippen LogP contribution in [-0.4, -0.2) is 53.5 Å². The van der Waals surface area contributed by atoms with E-state index in [0.717, 1.165) is 24.7 Å². The average molecular weight is 325 g/mol. The van der Waals surface area contributed by atoms with Crippen molar-refractivity contribution in [2.24, 2.45) is 0 Å². The minimum Gasteiger partial charge on any atom is -0.376 e. The van der Waals surface area contributed by atoms with Gasteiger partial charge in [0.05, 0.1) is 6.54 Å². The van der Waals surface area contributed by atoms with Crippen molar-refractivity contribution in [1.82, 2.24) is 14.9 Å². The van der Waals surface area contributed by atoms with Gasteiger partial charge in [0.25, 0.3) is 0 Å². The van der Waals surface area contributed by atoms with Gasteiger partial charge < -0.3 is 15.1 Å². The summed E-state index contributed by atoms with van der Waals surface area (Å²) in [5.74, 6) is 0.864. The number of nitrogens with zero attached hydrogens (tertiary/aromatic N) is 4. The summed E-state index contributed by atoms with van der Waals surface area (Å²) in [6.07, 6.45) is 3.49. The molecule has 0 saturated carbocycles. The molecular weight excluding hydrogens is 302 g/mol. The highest BCUT2D eigenvalue weighted by atomic mass is 16.2. The first-order valence-corrected chi connectivity index (χ1v) is 8.25. The van der Waals surface area contributed by atoms with Crippen molar-refractivity contribution in [2.45, 2.75) is 13.8 Å². The summed E-state index contributed by atoms with van der Waals surface area (Å²) in [5, 5.41) is 3.26. The highest BCUT2D eigenvalue weighted by molar-refractivity contribution is 5.81. The van der Waals surface area contributed by atoms with Crippen molar-refractivity contribution in [2.75, 3.05) is 42.9 Å². The van der Waals surface area contributed by atoms with Gasteiger partial charge in [0.15, 0.2) is 0 Å². The number of aromatic nitrogens is 2. The molecule has 0 unspecified atom stereocenters. The fraction of sp³-hybridized carbons (Fsp3) is 0.389. The average Bonchev–Trinajstić information content (AvgIpc) is 2.63. The van der Waals surface area contributed by atoms with Crippen LogP contribution in [0.1, 0.15) is 11.1 Å². The molecule has 0 bridgehead atoms. The van der Waals surface area contributed by atoms with E-state index < -0.39 is 0 Å². The summed E-state index contributed by atoms with van der Waals surface area (Å²) in [7, 11) is 0. The summed E-state index contributed by atoms with van der Waals surface area (Å²) in [4.78, 5) is 25.0. The maximum absolute atomic E-state index is 12.4. The van der Waals surface area contributed by atoms with E-state index in [0.29, 0.717) is 19.6 Å². The van der Waals surface area contributed by atoms with Crippen molar-refractivity contribution in [1.29, 1.82) is 0 Å². The van der Waals surface area contributed by atoms with Gasteiger partial charge in [-0.1, -0.05) is 12.1 Å². The number of anilines is 2. The number of piperazine rings is 1. The van der Waals surface area contributed by atoms with Crippen LogP contribution in [0.15, 0.2) is 36.7 Å². The maximum atomic E-state index is 12.4. The van der Waals surface area contributed by atoms with E-state index in [9.17, 15) is 4.79 Å². The lowest BCUT2D eigenvalue weighted by molar-refractivity contribution is -0.129.